The van der Waals surface area contributed by atoms with Crippen molar-refractivity contribution in [2.75, 3.05) is 0 Å². The monoisotopic (exact) mass is 360 g/mol. The Morgan fingerprint density at radius 1 is 1.28 bits per heavy atom. The van der Waals surface area contributed by atoms with E-state index in [0.717, 1.165) is 36.0 Å². The molecule has 0 amide bonds. The van der Waals surface area contributed by atoms with Crippen molar-refractivity contribution in [1.82, 2.24) is 29.9 Å². The molecule has 3 atom stereocenters. The number of hydrogen-bond donors (Lipinski definition) is 2. The van der Waals surface area contributed by atoms with Crippen molar-refractivity contribution >= 4 is 22.6 Å². The second kappa shape index (κ2) is 6.74. The second-order valence-corrected chi connectivity index (χ2v) is 7.23. The van der Waals surface area contributed by atoms with E-state index in [9.17, 15) is 5.11 Å². The minimum atomic E-state index is -0.342. The molecule has 4 rings (SSSR count). The van der Waals surface area contributed by atoms with Gasteiger partial charge >= 0.3 is 0 Å². The zero-order valence-electron chi connectivity index (χ0n) is 14.0. The lowest BCUT2D eigenvalue weighted by Crippen LogP contribution is -2.35. The molecule has 1 fully saturated rings. The van der Waals surface area contributed by atoms with E-state index in [1.807, 2.05) is 30.3 Å². The van der Waals surface area contributed by atoms with Gasteiger partial charge < -0.3 is 10.4 Å². The number of pyridine rings is 1. The highest BCUT2D eigenvalue weighted by Gasteiger charge is 2.32. The van der Waals surface area contributed by atoms with Crippen LogP contribution in [0.5, 0.6) is 0 Å². The summed E-state index contributed by atoms with van der Waals surface area (Å²) in [5, 5.41) is 23.9. The van der Waals surface area contributed by atoms with Gasteiger partial charge in [0.25, 0.3) is 0 Å². The maximum absolute atomic E-state index is 10.3. The van der Waals surface area contributed by atoms with E-state index in [0.29, 0.717) is 17.5 Å². The zero-order valence-corrected chi connectivity index (χ0v) is 14.8. The van der Waals surface area contributed by atoms with E-state index in [-0.39, 0.29) is 12.1 Å². The van der Waals surface area contributed by atoms with Crippen LogP contribution in [-0.2, 0) is 20.1 Å². The van der Waals surface area contributed by atoms with Crippen LogP contribution in [0.4, 0.5) is 0 Å². The van der Waals surface area contributed by atoms with Gasteiger partial charge in [-0.1, -0.05) is 11.6 Å². The van der Waals surface area contributed by atoms with Crippen LogP contribution >= 0.6 is 11.6 Å². The van der Waals surface area contributed by atoms with Crippen molar-refractivity contribution in [3.8, 4) is 0 Å². The van der Waals surface area contributed by atoms with Crippen LogP contribution < -0.4 is 5.32 Å². The van der Waals surface area contributed by atoms with Gasteiger partial charge in [-0.05, 0) is 30.4 Å². The number of aliphatic hydroxyl groups excluding tert-OH is 1. The van der Waals surface area contributed by atoms with E-state index < -0.39 is 0 Å². The normalized spacial score (nSPS) is 23.6. The molecule has 0 aromatic carbocycles. The number of aromatic nitrogens is 5. The molecule has 1 aliphatic carbocycles. The largest absolute Gasteiger partial charge is 0.391 e. The molecule has 8 heteroatoms. The molecule has 0 saturated heterocycles. The predicted molar refractivity (Wildman–Crippen MR) is 95.1 cm³/mol. The minimum absolute atomic E-state index is 0.0839. The fourth-order valence-electron chi connectivity index (χ4n) is 3.62. The molecular formula is C17H21ClN6O. The van der Waals surface area contributed by atoms with Crippen molar-refractivity contribution in [2.45, 2.75) is 38.1 Å². The maximum atomic E-state index is 10.3. The Labute approximate surface area is 150 Å². The summed E-state index contributed by atoms with van der Waals surface area (Å²) in [6.07, 6.45) is 8.50. The van der Waals surface area contributed by atoms with Crippen LogP contribution in [0.15, 0.2) is 30.9 Å². The molecular weight excluding hydrogens is 340 g/mol. The number of aryl methyl sites for hydroxylation is 1. The molecule has 1 unspecified atom stereocenters. The zero-order chi connectivity index (χ0) is 17.4. The van der Waals surface area contributed by atoms with Crippen molar-refractivity contribution < 1.29 is 5.11 Å². The highest BCUT2D eigenvalue weighted by Crippen LogP contribution is 2.28. The fourth-order valence-corrected chi connectivity index (χ4v) is 3.78. The number of halogens is 1. The summed E-state index contributed by atoms with van der Waals surface area (Å²) in [5.74, 6) is 0.391. The summed E-state index contributed by atoms with van der Waals surface area (Å²) in [5.41, 5.74) is 1.97. The van der Waals surface area contributed by atoms with Crippen LogP contribution in [0, 0.1) is 5.92 Å². The lowest BCUT2D eigenvalue weighted by molar-refractivity contribution is 0.145. The summed E-state index contributed by atoms with van der Waals surface area (Å²) in [6, 6.07) is 2.17. The topological polar surface area (TPSA) is 80.8 Å². The number of fused-ring (bicyclic) bond motifs is 1. The van der Waals surface area contributed by atoms with Gasteiger partial charge in [-0.25, -0.2) is 4.98 Å². The first-order valence-corrected chi connectivity index (χ1v) is 8.82. The molecule has 7 nitrogen and oxygen atoms in total. The lowest BCUT2D eigenvalue weighted by atomic mass is 10.1. The molecule has 0 spiro atoms. The predicted octanol–water partition coefficient (Wildman–Crippen LogP) is 1.75. The summed E-state index contributed by atoms with van der Waals surface area (Å²) in [7, 11) is 1.88. The van der Waals surface area contributed by atoms with E-state index in [2.05, 4.69) is 26.6 Å². The summed E-state index contributed by atoms with van der Waals surface area (Å²) in [6.45, 7) is 1.46. The fraction of sp³-hybridized carbons (Fsp3) is 0.471. The van der Waals surface area contributed by atoms with Gasteiger partial charge in [-0.2, -0.15) is 10.2 Å². The Morgan fingerprint density at radius 2 is 2.16 bits per heavy atom. The second-order valence-electron chi connectivity index (χ2n) is 6.80. The third kappa shape index (κ3) is 3.53. The molecule has 1 saturated carbocycles. The van der Waals surface area contributed by atoms with Gasteiger partial charge in [0.05, 0.1) is 23.5 Å². The summed E-state index contributed by atoms with van der Waals surface area (Å²) >= 11 is 5.91. The molecule has 3 aromatic rings. The third-order valence-corrected chi connectivity index (χ3v) is 5.07. The lowest BCUT2D eigenvalue weighted by Gasteiger charge is -2.16. The Morgan fingerprint density at radius 3 is 2.96 bits per heavy atom. The SMILES string of the molecule is Cn1ncc2cc(CN[C@@H]3CC(Cn4cc(Cl)cn4)C[C@H]3O)cnc21. The Balaban J connectivity index is 1.35. The molecule has 0 aliphatic heterocycles. The first kappa shape index (κ1) is 16.5. The average Bonchev–Trinajstić information content (AvgIpc) is 3.26. The standard InChI is InChI=1S/C17H21ClN6O/c1-23-17-13(7-21-23)2-12(6-20-17)5-19-15-3-11(4-16(15)25)9-24-10-14(18)8-22-24/h2,6-8,10-11,15-16,19,25H,3-5,9H2,1H3/t11?,15-,16-/m1/s1. The van der Waals surface area contributed by atoms with E-state index in [1.165, 1.54) is 0 Å². The van der Waals surface area contributed by atoms with Gasteiger partial charge in [0.2, 0.25) is 0 Å². The van der Waals surface area contributed by atoms with Gasteiger partial charge in [-0.15, -0.1) is 0 Å². The number of aliphatic hydroxyl groups is 1. The van der Waals surface area contributed by atoms with Crippen molar-refractivity contribution in [2.24, 2.45) is 13.0 Å². The van der Waals surface area contributed by atoms with Crippen molar-refractivity contribution in [1.29, 1.82) is 0 Å². The molecule has 1 aliphatic rings. The number of nitrogens with one attached hydrogen (secondary N) is 1. The van der Waals surface area contributed by atoms with Crippen molar-refractivity contribution in [3.05, 3.63) is 41.4 Å². The first-order chi connectivity index (χ1) is 12.1. The molecule has 3 heterocycles. The minimum Gasteiger partial charge on any atom is -0.391 e. The molecule has 3 aromatic heterocycles. The molecule has 0 radical (unpaired) electrons. The third-order valence-electron chi connectivity index (χ3n) is 4.87. The molecule has 132 valence electrons. The molecule has 0 bridgehead atoms. The number of rotatable bonds is 5. The van der Waals surface area contributed by atoms with Crippen LogP contribution in [-0.4, -0.2) is 41.8 Å². The van der Waals surface area contributed by atoms with Crippen molar-refractivity contribution in [3.63, 3.8) is 0 Å². The van der Waals surface area contributed by atoms with Crippen LogP contribution in [0.1, 0.15) is 18.4 Å². The summed E-state index contributed by atoms with van der Waals surface area (Å²) in [4.78, 5) is 4.45. The Bertz CT molecular complexity index is 875. The Hall–Kier alpha value is -1.96. The summed E-state index contributed by atoms with van der Waals surface area (Å²) < 4.78 is 3.61. The molecule has 2 N–H and O–H groups in total. The number of nitrogens with zero attached hydrogens (tertiary/aromatic N) is 5. The number of hydrogen-bond acceptors (Lipinski definition) is 5. The first-order valence-electron chi connectivity index (χ1n) is 8.44. The van der Waals surface area contributed by atoms with E-state index in [4.69, 9.17) is 11.6 Å². The van der Waals surface area contributed by atoms with Gasteiger partial charge in [0, 0.05) is 44.0 Å². The van der Waals surface area contributed by atoms with E-state index in [1.54, 1.807) is 10.9 Å². The smallest absolute Gasteiger partial charge is 0.157 e. The van der Waals surface area contributed by atoms with Gasteiger partial charge in [-0.3, -0.25) is 9.36 Å². The Kier molecular flexibility index (Phi) is 4.45. The van der Waals surface area contributed by atoms with Crippen LogP contribution in [0.3, 0.4) is 0 Å². The van der Waals surface area contributed by atoms with Gasteiger partial charge in [0.15, 0.2) is 5.65 Å². The average molecular weight is 361 g/mol. The van der Waals surface area contributed by atoms with Crippen LogP contribution in [0.2, 0.25) is 5.02 Å². The van der Waals surface area contributed by atoms with E-state index >= 15 is 0 Å². The highest BCUT2D eigenvalue weighted by molar-refractivity contribution is 6.30. The van der Waals surface area contributed by atoms with Crippen LogP contribution in [0.25, 0.3) is 11.0 Å². The highest BCUT2D eigenvalue weighted by atomic mass is 35.5. The van der Waals surface area contributed by atoms with Gasteiger partial charge in [0.1, 0.15) is 0 Å². The maximum Gasteiger partial charge on any atom is 0.157 e. The quantitative estimate of drug-likeness (QED) is 0.724. The molecule has 25 heavy (non-hydrogen) atoms.